The quantitative estimate of drug-likeness (QED) is 0.517. The number of carbonyl (C=O) groups is 1. The van der Waals surface area contributed by atoms with Crippen molar-refractivity contribution in [3.05, 3.63) is 58.3 Å². The van der Waals surface area contributed by atoms with Gasteiger partial charge in [-0.2, -0.15) is 0 Å². The number of carbonyl (C=O) groups excluding carboxylic acids is 1. The fourth-order valence-electron chi connectivity index (χ4n) is 2.32. The Hall–Kier alpha value is -1.90. The number of amides is 1. The zero-order chi connectivity index (χ0) is 18.2. The first-order chi connectivity index (χ1) is 12.8. The summed E-state index contributed by atoms with van der Waals surface area (Å²) < 4.78 is 0.797. The molecule has 2 heterocycles. The maximum atomic E-state index is 12.5. The third-order valence-electron chi connectivity index (χ3n) is 3.53. The second-order valence-corrected chi connectivity index (χ2v) is 8.69. The molecular formula is C18H20N4OS3. The Labute approximate surface area is 165 Å². The maximum Gasteiger partial charge on any atom is 0.231 e. The van der Waals surface area contributed by atoms with Crippen molar-refractivity contribution in [2.45, 2.75) is 23.7 Å². The molecule has 0 aliphatic carbocycles. The number of anilines is 1. The van der Waals surface area contributed by atoms with Gasteiger partial charge in [0.1, 0.15) is 0 Å². The van der Waals surface area contributed by atoms with Gasteiger partial charge in [0, 0.05) is 11.4 Å². The summed E-state index contributed by atoms with van der Waals surface area (Å²) in [7, 11) is 0. The summed E-state index contributed by atoms with van der Waals surface area (Å²) in [6.45, 7) is 2.98. The lowest BCUT2D eigenvalue weighted by molar-refractivity contribution is -0.119. The third kappa shape index (κ3) is 5.30. The third-order valence-corrected chi connectivity index (χ3v) is 6.48. The van der Waals surface area contributed by atoms with E-state index in [1.54, 1.807) is 11.3 Å². The molecule has 1 amide bonds. The molecule has 0 spiro atoms. The van der Waals surface area contributed by atoms with Crippen molar-refractivity contribution in [2.24, 2.45) is 0 Å². The predicted octanol–water partition coefficient (Wildman–Crippen LogP) is 4.42. The molecule has 0 saturated heterocycles. The van der Waals surface area contributed by atoms with Crippen LogP contribution in [0, 0.1) is 0 Å². The van der Waals surface area contributed by atoms with Crippen molar-refractivity contribution in [3.8, 4) is 0 Å². The van der Waals surface area contributed by atoms with Crippen molar-refractivity contribution in [1.82, 2.24) is 15.5 Å². The molecule has 0 saturated carbocycles. The second-order valence-electron chi connectivity index (χ2n) is 5.52. The molecule has 0 fully saturated rings. The first-order valence-corrected chi connectivity index (χ1v) is 11.0. The van der Waals surface area contributed by atoms with E-state index >= 15 is 0 Å². The van der Waals surface area contributed by atoms with Crippen molar-refractivity contribution in [3.63, 3.8) is 0 Å². The summed E-state index contributed by atoms with van der Waals surface area (Å²) in [4.78, 5) is 13.6. The molecule has 3 aromatic rings. The first kappa shape index (κ1) is 18.9. The molecule has 1 aromatic carbocycles. The van der Waals surface area contributed by atoms with Gasteiger partial charge in [0.15, 0.2) is 4.34 Å². The smallest absolute Gasteiger partial charge is 0.231 e. The number of thiophene rings is 1. The van der Waals surface area contributed by atoms with E-state index in [9.17, 15) is 4.79 Å². The summed E-state index contributed by atoms with van der Waals surface area (Å²) >= 11 is 4.54. The molecule has 8 heteroatoms. The highest BCUT2D eigenvalue weighted by atomic mass is 32.2. The van der Waals surface area contributed by atoms with E-state index in [0.29, 0.717) is 5.75 Å². The first-order valence-electron chi connectivity index (χ1n) is 8.34. The number of hydrogen-bond acceptors (Lipinski definition) is 7. The summed E-state index contributed by atoms with van der Waals surface area (Å²) in [5.74, 6) is 0.299. The van der Waals surface area contributed by atoms with Crippen molar-refractivity contribution >= 4 is 45.5 Å². The highest BCUT2D eigenvalue weighted by Crippen LogP contribution is 2.28. The van der Waals surface area contributed by atoms with Gasteiger partial charge in [0.05, 0.1) is 11.8 Å². The van der Waals surface area contributed by atoms with Crippen LogP contribution in [-0.4, -0.2) is 28.4 Å². The highest BCUT2D eigenvalue weighted by Gasteiger charge is 2.18. The molecule has 136 valence electrons. The fraction of sp³-hybridized carbons (Fsp3) is 0.278. The lowest BCUT2D eigenvalue weighted by Crippen LogP contribution is -2.30. The molecule has 0 bridgehead atoms. The summed E-state index contributed by atoms with van der Waals surface area (Å²) in [6, 6.07) is 14.0. The standard InChI is InChI=1S/C18H20N4OS3/c1-2-10-19-17-21-22-18(26-17)25-12-15(23)20-16(14-9-6-11-24-14)13-7-4-3-5-8-13/h3-9,11,16H,2,10,12H2,1H3,(H,19,21)(H,20,23)/t16-/m0/s1. The Morgan fingerprint density at radius 3 is 2.77 bits per heavy atom. The minimum atomic E-state index is -0.125. The van der Waals surface area contributed by atoms with Crippen LogP contribution in [0.3, 0.4) is 0 Å². The molecule has 5 nitrogen and oxygen atoms in total. The topological polar surface area (TPSA) is 66.9 Å². The number of rotatable bonds is 9. The summed E-state index contributed by atoms with van der Waals surface area (Å²) in [5.41, 5.74) is 1.08. The van der Waals surface area contributed by atoms with Gasteiger partial charge in [0.2, 0.25) is 11.0 Å². The lowest BCUT2D eigenvalue weighted by Gasteiger charge is -2.17. The molecule has 2 N–H and O–H groups in total. The van der Waals surface area contributed by atoms with Crippen LogP contribution in [0.4, 0.5) is 5.13 Å². The van der Waals surface area contributed by atoms with E-state index < -0.39 is 0 Å². The van der Waals surface area contributed by atoms with Crippen LogP contribution < -0.4 is 10.6 Å². The van der Waals surface area contributed by atoms with Crippen LogP contribution in [0.25, 0.3) is 0 Å². The molecule has 0 radical (unpaired) electrons. The fourth-order valence-corrected chi connectivity index (χ4v) is 4.71. The largest absolute Gasteiger partial charge is 0.360 e. The maximum absolute atomic E-state index is 12.5. The molecule has 0 unspecified atom stereocenters. The van der Waals surface area contributed by atoms with Gasteiger partial charge in [-0.05, 0) is 23.4 Å². The van der Waals surface area contributed by atoms with Gasteiger partial charge < -0.3 is 10.6 Å². The Kier molecular flexibility index (Phi) is 7.04. The zero-order valence-electron chi connectivity index (χ0n) is 14.3. The molecule has 3 rings (SSSR count). The monoisotopic (exact) mass is 404 g/mol. The number of hydrogen-bond donors (Lipinski definition) is 2. The van der Waals surface area contributed by atoms with Gasteiger partial charge >= 0.3 is 0 Å². The molecule has 0 aliphatic heterocycles. The van der Waals surface area contributed by atoms with Crippen LogP contribution in [0.15, 0.2) is 52.2 Å². The lowest BCUT2D eigenvalue weighted by atomic mass is 10.1. The molecule has 0 aliphatic rings. The molecular weight excluding hydrogens is 384 g/mol. The SMILES string of the molecule is CCCNc1nnc(SCC(=O)N[C@@H](c2ccccc2)c2cccs2)s1. The van der Waals surface area contributed by atoms with Crippen LogP contribution in [0.2, 0.25) is 0 Å². The number of aromatic nitrogens is 2. The van der Waals surface area contributed by atoms with Gasteiger partial charge in [-0.25, -0.2) is 0 Å². The number of nitrogens with one attached hydrogen (secondary N) is 2. The predicted molar refractivity (Wildman–Crippen MR) is 110 cm³/mol. The van der Waals surface area contributed by atoms with Crippen LogP contribution in [0.1, 0.15) is 29.8 Å². The number of nitrogens with zero attached hydrogens (tertiary/aromatic N) is 2. The molecule has 2 aromatic heterocycles. The van der Waals surface area contributed by atoms with E-state index in [4.69, 9.17) is 0 Å². The Bertz CT molecular complexity index is 805. The van der Waals surface area contributed by atoms with Crippen LogP contribution in [0.5, 0.6) is 0 Å². The van der Waals surface area contributed by atoms with Crippen LogP contribution >= 0.6 is 34.4 Å². The number of thioether (sulfide) groups is 1. The average Bonchev–Trinajstić information content (AvgIpc) is 3.35. The second kappa shape index (κ2) is 9.70. The Balaban J connectivity index is 1.59. The van der Waals surface area contributed by atoms with E-state index in [2.05, 4.69) is 27.8 Å². The Morgan fingerprint density at radius 2 is 2.04 bits per heavy atom. The summed E-state index contributed by atoms with van der Waals surface area (Å²) in [5, 5.41) is 17.4. The average molecular weight is 405 g/mol. The minimum absolute atomic E-state index is 0.0180. The number of benzene rings is 1. The van der Waals surface area contributed by atoms with Gasteiger partial charge in [-0.1, -0.05) is 66.4 Å². The van der Waals surface area contributed by atoms with E-state index in [-0.39, 0.29) is 11.9 Å². The van der Waals surface area contributed by atoms with Gasteiger partial charge in [0.25, 0.3) is 0 Å². The normalized spacial score (nSPS) is 11.9. The van der Waals surface area contributed by atoms with E-state index in [1.165, 1.54) is 23.1 Å². The van der Waals surface area contributed by atoms with Crippen molar-refractivity contribution in [1.29, 1.82) is 0 Å². The van der Waals surface area contributed by atoms with Crippen molar-refractivity contribution < 1.29 is 4.79 Å². The molecule has 1 atom stereocenters. The van der Waals surface area contributed by atoms with Crippen LogP contribution in [-0.2, 0) is 4.79 Å². The zero-order valence-corrected chi connectivity index (χ0v) is 16.8. The van der Waals surface area contributed by atoms with Gasteiger partial charge in [-0.3, -0.25) is 4.79 Å². The highest BCUT2D eigenvalue weighted by molar-refractivity contribution is 8.01. The molecule has 26 heavy (non-hydrogen) atoms. The van der Waals surface area contributed by atoms with Crippen molar-refractivity contribution in [2.75, 3.05) is 17.6 Å². The Morgan fingerprint density at radius 1 is 1.19 bits per heavy atom. The van der Waals surface area contributed by atoms with Gasteiger partial charge in [-0.15, -0.1) is 21.5 Å². The minimum Gasteiger partial charge on any atom is -0.360 e. The summed E-state index contributed by atoms with van der Waals surface area (Å²) in [6.07, 6.45) is 1.04. The van der Waals surface area contributed by atoms with E-state index in [0.717, 1.165) is 32.9 Å². The van der Waals surface area contributed by atoms with E-state index in [1.807, 2.05) is 47.8 Å².